The zero-order valence-electron chi connectivity index (χ0n) is 12.7. The van der Waals surface area contributed by atoms with Crippen molar-refractivity contribution in [3.8, 4) is 0 Å². The maximum atomic E-state index is 11.1. The molecule has 0 rings (SSSR count). The Kier molecular flexibility index (Phi) is 13.3. The normalized spacial score (nSPS) is 10.2. The highest BCUT2D eigenvalue weighted by Crippen LogP contribution is 2.10. The zero-order valence-corrected chi connectivity index (χ0v) is 12.7. The van der Waals surface area contributed by atoms with Gasteiger partial charge in [-0.1, -0.05) is 64.7 Å². The smallest absolute Gasteiger partial charge is 0.323 e. The lowest BCUT2D eigenvalue weighted by Gasteiger charge is -2.05. The Morgan fingerprint density at radius 3 is 1.80 bits per heavy atom. The van der Waals surface area contributed by atoms with Crippen molar-refractivity contribution >= 4 is 12.0 Å². The molecule has 5 heteroatoms. The second kappa shape index (κ2) is 14.2. The van der Waals surface area contributed by atoms with Gasteiger partial charge in [-0.05, 0) is 6.42 Å². The minimum atomic E-state index is -1.03. The molecule has 0 aliphatic heterocycles. The molecule has 0 atom stereocenters. The maximum Gasteiger partial charge on any atom is 0.323 e. The standard InChI is InChI=1S/C15H30N2O3/c1-2-3-4-5-6-7-8-9-10-11-12-16-15(20)17-13-14(18)19/h2-13H2,1H3,(H,18,19)(H2,16,17,20). The molecule has 0 aromatic carbocycles. The summed E-state index contributed by atoms with van der Waals surface area (Å²) in [5, 5.41) is 13.3. The van der Waals surface area contributed by atoms with E-state index < -0.39 is 12.0 Å². The van der Waals surface area contributed by atoms with Crippen LogP contribution in [0.4, 0.5) is 4.79 Å². The fourth-order valence-corrected chi connectivity index (χ4v) is 2.03. The Morgan fingerprint density at radius 1 is 0.800 bits per heavy atom. The number of hydrogen-bond acceptors (Lipinski definition) is 2. The van der Waals surface area contributed by atoms with Gasteiger partial charge in [0.25, 0.3) is 0 Å². The van der Waals surface area contributed by atoms with Crippen LogP contribution in [0, 0.1) is 0 Å². The molecule has 0 radical (unpaired) electrons. The van der Waals surface area contributed by atoms with Gasteiger partial charge in [0, 0.05) is 6.54 Å². The number of carboxylic acid groups (broad SMARTS) is 1. The largest absolute Gasteiger partial charge is 0.480 e. The van der Waals surface area contributed by atoms with Gasteiger partial charge in [-0.25, -0.2) is 4.79 Å². The molecule has 0 spiro atoms. The van der Waals surface area contributed by atoms with E-state index >= 15 is 0 Å². The van der Waals surface area contributed by atoms with E-state index in [1.165, 1.54) is 51.4 Å². The monoisotopic (exact) mass is 286 g/mol. The van der Waals surface area contributed by atoms with E-state index in [2.05, 4.69) is 17.6 Å². The summed E-state index contributed by atoms with van der Waals surface area (Å²) in [4.78, 5) is 21.3. The number of rotatable bonds is 13. The number of hydrogen-bond donors (Lipinski definition) is 3. The van der Waals surface area contributed by atoms with E-state index in [0.29, 0.717) is 6.54 Å². The van der Waals surface area contributed by atoms with Gasteiger partial charge in [0.2, 0.25) is 0 Å². The number of unbranched alkanes of at least 4 members (excludes halogenated alkanes) is 9. The van der Waals surface area contributed by atoms with Crippen LogP contribution in [0.3, 0.4) is 0 Å². The van der Waals surface area contributed by atoms with Crippen LogP contribution in [0.15, 0.2) is 0 Å². The van der Waals surface area contributed by atoms with Crippen LogP contribution in [-0.4, -0.2) is 30.2 Å². The zero-order chi connectivity index (χ0) is 15.1. The lowest BCUT2D eigenvalue weighted by Crippen LogP contribution is -2.38. The third-order valence-corrected chi connectivity index (χ3v) is 3.22. The van der Waals surface area contributed by atoms with E-state index in [0.717, 1.165) is 12.8 Å². The lowest BCUT2D eigenvalue weighted by atomic mass is 10.1. The summed E-state index contributed by atoms with van der Waals surface area (Å²) < 4.78 is 0. The predicted octanol–water partition coefficient (Wildman–Crippen LogP) is 3.29. The van der Waals surface area contributed by atoms with Crippen LogP contribution in [0.25, 0.3) is 0 Å². The summed E-state index contributed by atoms with van der Waals surface area (Å²) in [6.45, 7) is 2.52. The first-order valence-corrected chi connectivity index (χ1v) is 7.90. The van der Waals surface area contributed by atoms with Gasteiger partial charge in [0.05, 0.1) is 0 Å². The van der Waals surface area contributed by atoms with Crippen molar-refractivity contribution in [1.82, 2.24) is 10.6 Å². The number of aliphatic carboxylic acids is 1. The maximum absolute atomic E-state index is 11.1. The highest BCUT2D eigenvalue weighted by molar-refractivity contribution is 5.79. The van der Waals surface area contributed by atoms with Gasteiger partial charge < -0.3 is 15.7 Å². The summed E-state index contributed by atoms with van der Waals surface area (Å²) in [6, 6.07) is -0.400. The highest BCUT2D eigenvalue weighted by Gasteiger charge is 2.01. The van der Waals surface area contributed by atoms with Crippen LogP contribution in [-0.2, 0) is 4.79 Å². The Hall–Kier alpha value is -1.26. The fraction of sp³-hybridized carbons (Fsp3) is 0.867. The number of nitrogens with one attached hydrogen (secondary N) is 2. The van der Waals surface area contributed by atoms with Crippen molar-refractivity contribution in [2.75, 3.05) is 13.1 Å². The molecule has 0 bridgehead atoms. The van der Waals surface area contributed by atoms with Crippen molar-refractivity contribution < 1.29 is 14.7 Å². The summed E-state index contributed by atoms with van der Waals surface area (Å²) in [5.41, 5.74) is 0. The molecule has 5 nitrogen and oxygen atoms in total. The summed E-state index contributed by atoms with van der Waals surface area (Å²) in [6.07, 6.45) is 12.6. The number of urea groups is 1. The summed E-state index contributed by atoms with van der Waals surface area (Å²) >= 11 is 0. The summed E-state index contributed by atoms with van der Waals surface area (Å²) in [7, 11) is 0. The van der Waals surface area contributed by atoms with Crippen molar-refractivity contribution in [2.45, 2.75) is 71.1 Å². The first-order valence-electron chi connectivity index (χ1n) is 7.90. The predicted molar refractivity (Wildman–Crippen MR) is 80.9 cm³/mol. The number of carboxylic acids is 1. The van der Waals surface area contributed by atoms with Crippen LogP contribution in [0.2, 0.25) is 0 Å². The molecule has 0 aliphatic rings. The molecule has 0 aromatic rings. The number of carbonyl (C=O) groups is 2. The molecule has 3 N–H and O–H groups in total. The Morgan fingerprint density at radius 2 is 1.30 bits per heavy atom. The topological polar surface area (TPSA) is 78.4 Å². The number of amides is 2. The molecule has 0 saturated carbocycles. The second-order valence-electron chi connectivity index (χ2n) is 5.19. The SMILES string of the molecule is CCCCCCCCCCCCNC(=O)NCC(=O)O. The molecule has 0 fully saturated rings. The third kappa shape index (κ3) is 14.8. The van der Waals surface area contributed by atoms with Crippen molar-refractivity contribution in [3.05, 3.63) is 0 Å². The molecule has 0 unspecified atom stereocenters. The van der Waals surface area contributed by atoms with Gasteiger partial charge in [-0.3, -0.25) is 4.79 Å². The molecule has 0 aliphatic carbocycles. The summed E-state index contributed by atoms with van der Waals surface area (Å²) in [5.74, 6) is -1.03. The molecule has 0 saturated heterocycles. The second-order valence-corrected chi connectivity index (χ2v) is 5.19. The van der Waals surface area contributed by atoms with E-state index in [1.54, 1.807) is 0 Å². The quantitative estimate of drug-likeness (QED) is 0.455. The van der Waals surface area contributed by atoms with Gasteiger partial charge in [0.15, 0.2) is 0 Å². The molecule has 20 heavy (non-hydrogen) atoms. The minimum absolute atomic E-state index is 0.329. The fourth-order valence-electron chi connectivity index (χ4n) is 2.03. The van der Waals surface area contributed by atoms with E-state index in [1.807, 2.05) is 0 Å². The minimum Gasteiger partial charge on any atom is -0.480 e. The molecular formula is C15H30N2O3. The molecule has 118 valence electrons. The Labute approximate surface area is 122 Å². The Balaban J connectivity index is 3.12. The first kappa shape index (κ1) is 18.7. The first-order chi connectivity index (χ1) is 9.66. The third-order valence-electron chi connectivity index (χ3n) is 3.22. The van der Waals surface area contributed by atoms with Crippen LogP contribution < -0.4 is 10.6 Å². The van der Waals surface area contributed by atoms with Crippen LogP contribution in [0.5, 0.6) is 0 Å². The van der Waals surface area contributed by atoms with Crippen molar-refractivity contribution in [3.63, 3.8) is 0 Å². The van der Waals surface area contributed by atoms with Gasteiger partial charge in [-0.15, -0.1) is 0 Å². The van der Waals surface area contributed by atoms with Crippen molar-refractivity contribution in [2.24, 2.45) is 0 Å². The van der Waals surface area contributed by atoms with E-state index in [9.17, 15) is 9.59 Å². The van der Waals surface area contributed by atoms with E-state index in [4.69, 9.17) is 5.11 Å². The average molecular weight is 286 g/mol. The van der Waals surface area contributed by atoms with Gasteiger partial charge in [0.1, 0.15) is 6.54 Å². The van der Waals surface area contributed by atoms with Crippen LogP contribution >= 0.6 is 0 Å². The molecule has 0 heterocycles. The average Bonchev–Trinajstić information content (AvgIpc) is 2.42. The highest BCUT2D eigenvalue weighted by atomic mass is 16.4. The number of carbonyl (C=O) groups excluding carboxylic acids is 1. The molecule has 0 aromatic heterocycles. The van der Waals surface area contributed by atoms with Crippen molar-refractivity contribution in [1.29, 1.82) is 0 Å². The van der Waals surface area contributed by atoms with E-state index in [-0.39, 0.29) is 6.54 Å². The molecular weight excluding hydrogens is 256 g/mol. The lowest BCUT2D eigenvalue weighted by molar-refractivity contribution is -0.135. The molecule has 2 amide bonds. The Bertz CT molecular complexity index is 258. The van der Waals surface area contributed by atoms with Crippen LogP contribution in [0.1, 0.15) is 71.1 Å². The van der Waals surface area contributed by atoms with Gasteiger partial charge in [-0.2, -0.15) is 0 Å². The van der Waals surface area contributed by atoms with Gasteiger partial charge >= 0.3 is 12.0 Å².